The summed E-state index contributed by atoms with van der Waals surface area (Å²) < 4.78 is 28.4. The number of aryl methyl sites for hydroxylation is 1. The molecule has 2 aromatic rings. The molecule has 0 aromatic heterocycles. The van der Waals surface area contributed by atoms with Crippen molar-refractivity contribution in [2.24, 2.45) is 0 Å². The van der Waals surface area contributed by atoms with Crippen molar-refractivity contribution < 1.29 is 8.78 Å². The lowest BCUT2D eigenvalue weighted by Crippen LogP contribution is -2.12. The summed E-state index contributed by atoms with van der Waals surface area (Å²) in [5, 5.41) is 0. The van der Waals surface area contributed by atoms with Gasteiger partial charge in [-0.3, -0.25) is 0 Å². The van der Waals surface area contributed by atoms with Crippen LogP contribution in [0.3, 0.4) is 0 Å². The van der Waals surface area contributed by atoms with Crippen molar-refractivity contribution >= 4 is 0 Å². The SMILES string of the molecule is Cc1ccc(-c2c(F)cc(C(C)(C)C)cc2F)cc1. The maximum atomic E-state index is 14.2. The fourth-order valence-electron chi connectivity index (χ4n) is 2.00. The summed E-state index contributed by atoms with van der Waals surface area (Å²) >= 11 is 0. The lowest BCUT2D eigenvalue weighted by atomic mass is 9.85. The first-order valence-corrected chi connectivity index (χ1v) is 6.35. The molecule has 0 unspecified atom stereocenters. The molecular formula is C17H18F2. The Hall–Kier alpha value is -1.70. The van der Waals surface area contributed by atoms with Gasteiger partial charge in [0.25, 0.3) is 0 Å². The Labute approximate surface area is 113 Å². The quantitative estimate of drug-likeness (QED) is 0.658. The summed E-state index contributed by atoms with van der Waals surface area (Å²) in [6.07, 6.45) is 0. The zero-order chi connectivity index (χ0) is 14.2. The van der Waals surface area contributed by atoms with E-state index in [1.165, 1.54) is 12.1 Å². The molecule has 0 atom stereocenters. The largest absolute Gasteiger partial charge is 0.206 e. The van der Waals surface area contributed by atoms with Gasteiger partial charge in [0.2, 0.25) is 0 Å². The van der Waals surface area contributed by atoms with Crippen LogP contribution in [0.5, 0.6) is 0 Å². The Balaban J connectivity index is 2.57. The van der Waals surface area contributed by atoms with Gasteiger partial charge in [0.15, 0.2) is 0 Å². The topological polar surface area (TPSA) is 0 Å². The van der Waals surface area contributed by atoms with Gasteiger partial charge in [-0.25, -0.2) is 8.78 Å². The molecule has 0 aliphatic rings. The molecule has 19 heavy (non-hydrogen) atoms. The molecule has 100 valence electrons. The van der Waals surface area contributed by atoms with Gasteiger partial charge in [0, 0.05) is 0 Å². The van der Waals surface area contributed by atoms with E-state index < -0.39 is 11.6 Å². The highest BCUT2D eigenvalue weighted by Crippen LogP contribution is 2.31. The third-order valence-corrected chi connectivity index (χ3v) is 3.25. The highest BCUT2D eigenvalue weighted by atomic mass is 19.1. The van der Waals surface area contributed by atoms with Crippen molar-refractivity contribution in [2.45, 2.75) is 33.1 Å². The number of hydrogen-bond acceptors (Lipinski definition) is 0. The van der Waals surface area contributed by atoms with Crippen LogP contribution < -0.4 is 0 Å². The predicted molar refractivity (Wildman–Crippen MR) is 75.2 cm³/mol. The van der Waals surface area contributed by atoms with E-state index >= 15 is 0 Å². The first kappa shape index (κ1) is 13.7. The summed E-state index contributed by atoms with van der Waals surface area (Å²) in [5.41, 5.74) is 2.08. The molecule has 0 fully saturated rings. The fraction of sp³-hybridized carbons (Fsp3) is 0.294. The molecule has 2 rings (SSSR count). The van der Waals surface area contributed by atoms with Crippen molar-refractivity contribution in [1.29, 1.82) is 0 Å². The summed E-state index contributed by atoms with van der Waals surface area (Å²) in [7, 11) is 0. The zero-order valence-corrected chi connectivity index (χ0v) is 11.7. The monoisotopic (exact) mass is 260 g/mol. The normalized spacial score (nSPS) is 11.7. The summed E-state index contributed by atoms with van der Waals surface area (Å²) in [4.78, 5) is 0. The van der Waals surface area contributed by atoms with E-state index in [-0.39, 0.29) is 11.0 Å². The second-order valence-electron chi connectivity index (χ2n) is 5.93. The number of halogens is 2. The molecular weight excluding hydrogens is 242 g/mol. The molecule has 0 N–H and O–H groups in total. The van der Waals surface area contributed by atoms with Gasteiger partial charge >= 0.3 is 0 Å². The van der Waals surface area contributed by atoms with Crippen molar-refractivity contribution in [3.8, 4) is 11.1 Å². The van der Waals surface area contributed by atoms with Crippen LogP contribution in [0.1, 0.15) is 31.9 Å². The number of rotatable bonds is 1. The Morgan fingerprint density at radius 3 is 1.74 bits per heavy atom. The Morgan fingerprint density at radius 1 is 0.842 bits per heavy atom. The van der Waals surface area contributed by atoms with Crippen LogP contribution >= 0.6 is 0 Å². The molecule has 0 aliphatic carbocycles. The number of benzene rings is 2. The average molecular weight is 260 g/mol. The maximum absolute atomic E-state index is 14.2. The minimum Gasteiger partial charge on any atom is -0.206 e. The maximum Gasteiger partial charge on any atom is 0.134 e. The van der Waals surface area contributed by atoms with Gasteiger partial charge in [0.1, 0.15) is 11.6 Å². The van der Waals surface area contributed by atoms with Crippen LogP contribution in [0.25, 0.3) is 11.1 Å². The van der Waals surface area contributed by atoms with Crippen LogP contribution in [0, 0.1) is 18.6 Å². The smallest absolute Gasteiger partial charge is 0.134 e. The van der Waals surface area contributed by atoms with Gasteiger partial charge in [-0.05, 0) is 35.6 Å². The van der Waals surface area contributed by atoms with E-state index in [1.807, 2.05) is 39.8 Å². The first-order valence-electron chi connectivity index (χ1n) is 6.35. The van der Waals surface area contributed by atoms with Gasteiger partial charge in [0.05, 0.1) is 5.56 Å². The molecule has 0 radical (unpaired) electrons. The van der Waals surface area contributed by atoms with Gasteiger partial charge in [-0.2, -0.15) is 0 Å². The Bertz CT molecular complexity index is 567. The summed E-state index contributed by atoms with van der Waals surface area (Å²) in [6.45, 7) is 7.76. The lowest BCUT2D eigenvalue weighted by Gasteiger charge is -2.20. The Morgan fingerprint density at radius 2 is 1.32 bits per heavy atom. The molecule has 0 saturated carbocycles. The minimum atomic E-state index is -0.506. The third-order valence-electron chi connectivity index (χ3n) is 3.25. The highest BCUT2D eigenvalue weighted by Gasteiger charge is 2.19. The van der Waals surface area contributed by atoms with Crippen molar-refractivity contribution in [1.82, 2.24) is 0 Å². The fourth-order valence-corrected chi connectivity index (χ4v) is 2.00. The van der Waals surface area contributed by atoms with E-state index in [4.69, 9.17) is 0 Å². The molecule has 0 spiro atoms. The second-order valence-corrected chi connectivity index (χ2v) is 5.93. The molecule has 0 bridgehead atoms. The second kappa shape index (κ2) is 4.76. The average Bonchev–Trinajstić information content (AvgIpc) is 2.29. The van der Waals surface area contributed by atoms with E-state index in [9.17, 15) is 8.78 Å². The van der Waals surface area contributed by atoms with Crippen LogP contribution in [-0.4, -0.2) is 0 Å². The molecule has 0 nitrogen and oxygen atoms in total. The van der Waals surface area contributed by atoms with Crippen LogP contribution in [0.2, 0.25) is 0 Å². The highest BCUT2D eigenvalue weighted by molar-refractivity contribution is 5.65. The van der Waals surface area contributed by atoms with Gasteiger partial charge in [-0.1, -0.05) is 50.6 Å². The number of hydrogen-bond donors (Lipinski definition) is 0. The molecule has 0 amide bonds. The molecule has 2 heteroatoms. The minimum absolute atomic E-state index is 0.0491. The van der Waals surface area contributed by atoms with E-state index in [1.54, 1.807) is 12.1 Å². The molecule has 0 saturated heterocycles. The van der Waals surface area contributed by atoms with Gasteiger partial charge < -0.3 is 0 Å². The van der Waals surface area contributed by atoms with E-state index in [0.717, 1.165) is 5.56 Å². The van der Waals surface area contributed by atoms with Crippen LogP contribution in [0.15, 0.2) is 36.4 Å². The van der Waals surface area contributed by atoms with Crippen molar-refractivity contribution in [2.75, 3.05) is 0 Å². The first-order chi connectivity index (χ1) is 8.79. The summed E-state index contributed by atoms with van der Waals surface area (Å²) in [6, 6.07) is 10.1. The Kier molecular flexibility index (Phi) is 3.44. The van der Waals surface area contributed by atoms with E-state index in [0.29, 0.717) is 11.1 Å². The lowest BCUT2D eigenvalue weighted by molar-refractivity contribution is 0.548. The van der Waals surface area contributed by atoms with Crippen LogP contribution in [-0.2, 0) is 5.41 Å². The van der Waals surface area contributed by atoms with E-state index in [2.05, 4.69) is 0 Å². The summed E-state index contributed by atoms with van der Waals surface area (Å²) in [5.74, 6) is -1.01. The van der Waals surface area contributed by atoms with Crippen molar-refractivity contribution in [3.05, 3.63) is 59.2 Å². The van der Waals surface area contributed by atoms with Gasteiger partial charge in [-0.15, -0.1) is 0 Å². The standard InChI is InChI=1S/C17H18F2/c1-11-5-7-12(8-6-11)16-14(18)9-13(10-15(16)19)17(2,3)4/h5-10H,1-4H3. The molecule has 0 aliphatic heterocycles. The van der Waals surface area contributed by atoms with Crippen molar-refractivity contribution in [3.63, 3.8) is 0 Å². The predicted octanol–water partition coefficient (Wildman–Crippen LogP) is 5.24. The zero-order valence-electron chi connectivity index (χ0n) is 11.7. The third kappa shape index (κ3) is 2.83. The molecule has 0 heterocycles. The molecule has 2 aromatic carbocycles. The van der Waals surface area contributed by atoms with Crippen LogP contribution in [0.4, 0.5) is 8.78 Å².